The number of aromatic nitrogens is 4. The lowest BCUT2D eigenvalue weighted by molar-refractivity contribution is -0.122. The van der Waals surface area contributed by atoms with Gasteiger partial charge in [0.25, 0.3) is 0 Å². The quantitative estimate of drug-likeness (QED) is 0.762. The Morgan fingerprint density at radius 3 is 2.81 bits per heavy atom. The van der Waals surface area contributed by atoms with Gasteiger partial charge in [0.15, 0.2) is 0 Å². The average Bonchev–Trinajstić information content (AvgIpc) is 3.28. The Kier molecular flexibility index (Phi) is 4.35. The first-order valence-electron chi connectivity index (χ1n) is 8.54. The smallest absolute Gasteiger partial charge is 0.242 e. The fourth-order valence-corrected chi connectivity index (χ4v) is 3.07. The van der Waals surface area contributed by atoms with Crippen LogP contribution in [0.15, 0.2) is 48.8 Å². The van der Waals surface area contributed by atoms with Crippen LogP contribution in [0.2, 0.25) is 0 Å². The first-order valence-corrected chi connectivity index (χ1v) is 8.54. The lowest BCUT2D eigenvalue weighted by atomic mass is 10.00. The molecule has 0 bridgehead atoms. The topological polar surface area (TPSA) is 81.9 Å². The van der Waals surface area contributed by atoms with Crippen LogP contribution in [0.1, 0.15) is 18.1 Å². The van der Waals surface area contributed by atoms with Crippen LogP contribution in [0.5, 0.6) is 5.75 Å². The maximum atomic E-state index is 11.9. The highest BCUT2D eigenvalue weighted by atomic mass is 16.5. The minimum absolute atomic E-state index is 0.112. The highest BCUT2D eigenvalue weighted by Crippen LogP contribution is 2.32. The number of hydrogen-bond acceptors (Lipinski definition) is 5. The van der Waals surface area contributed by atoms with Gasteiger partial charge in [-0.15, -0.1) is 5.10 Å². The fourth-order valence-electron chi connectivity index (χ4n) is 3.07. The van der Waals surface area contributed by atoms with Crippen LogP contribution in [-0.2, 0) is 24.3 Å². The van der Waals surface area contributed by atoms with Gasteiger partial charge in [0, 0.05) is 13.0 Å². The summed E-state index contributed by atoms with van der Waals surface area (Å²) in [6.07, 6.45) is 2.62. The largest absolute Gasteiger partial charge is 0.490 e. The maximum Gasteiger partial charge on any atom is 0.242 e. The number of rotatable bonds is 5. The molecule has 0 spiro atoms. The molecule has 1 aliphatic heterocycles. The Bertz CT molecular complexity index is 906. The molecule has 132 valence electrons. The van der Waals surface area contributed by atoms with Crippen molar-refractivity contribution in [3.63, 3.8) is 0 Å². The van der Waals surface area contributed by atoms with Crippen LogP contribution >= 0.6 is 0 Å². The van der Waals surface area contributed by atoms with Crippen LogP contribution in [0.3, 0.4) is 0 Å². The van der Waals surface area contributed by atoms with E-state index >= 15 is 0 Å². The number of tetrazole rings is 1. The molecule has 7 nitrogen and oxygen atoms in total. The molecular formula is C19H19N5O2. The molecule has 26 heavy (non-hydrogen) atoms. The minimum Gasteiger partial charge on any atom is -0.490 e. The van der Waals surface area contributed by atoms with E-state index in [9.17, 15) is 4.79 Å². The first kappa shape index (κ1) is 16.3. The zero-order valence-corrected chi connectivity index (χ0v) is 14.4. The van der Waals surface area contributed by atoms with Crippen molar-refractivity contribution in [1.82, 2.24) is 25.5 Å². The molecule has 0 saturated heterocycles. The second kappa shape index (κ2) is 6.95. The molecule has 7 heteroatoms. The number of amides is 1. The second-order valence-corrected chi connectivity index (χ2v) is 6.44. The first-order chi connectivity index (χ1) is 12.7. The molecule has 1 unspecified atom stereocenters. The van der Waals surface area contributed by atoms with Gasteiger partial charge in [0.1, 0.15) is 24.7 Å². The number of nitrogens with one attached hydrogen (secondary N) is 1. The highest BCUT2D eigenvalue weighted by Gasteiger charge is 2.19. The molecule has 4 rings (SSSR count). The van der Waals surface area contributed by atoms with E-state index in [1.165, 1.54) is 22.1 Å². The molecule has 0 aliphatic carbocycles. The maximum absolute atomic E-state index is 11.9. The van der Waals surface area contributed by atoms with Crippen molar-refractivity contribution in [2.75, 3.05) is 0 Å². The molecule has 0 fully saturated rings. The van der Waals surface area contributed by atoms with E-state index in [1.807, 2.05) is 18.2 Å². The van der Waals surface area contributed by atoms with Gasteiger partial charge in [0.05, 0.1) is 0 Å². The summed E-state index contributed by atoms with van der Waals surface area (Å²) in [7, 11) is 0. The van der Waals surface area contributed by atoms with E-state index in [-0.39, 0.29) is 18.6 Å². The number of carbonyl (C=O) groups excluding carboxylic acids is 1. The number of hydrogen-bond donors (Lipinski definition) is 1. The van der Waals surface area contributed by atoms with Crippen molar-refractivity contribution in [3.8, 4) is 16.9 Å². The Morgan fingerprint density at radius 1 is 1.23 bits per heavy atom. The lowest BCUT2D eigenvalue weighted by Crippen LogP contribution is -2.27. The molecule has 1 amide bonds. The standard InChI is InChI=1S/C19H19N5O2/c1-13-8-17-9-16(6-7-18(17)26-13)15-4-2-14(3-5-15)10-20-19(25)11-24-12-21-22-23-24/h2-7,9,12-13H,8,10-11H2,1H3,(H,20,25). The molecule has 1 aliphatic rings. The van der Waals surface area contributed by atoms with E-state index in [0.717, 1.165) is 23.3 Å². The van der Waals surface area contributed by atoms with Crippen molar-refractivity contribution in [3.05, 3.63) is 59.9 Å². The Labute approximate surface area is 151 Å². The van der Waals surface area contributed by atoms with Crippen molar-refractivity contribution >= 4 is 5.91 Å². The van der Waals surface area contributed by atoms with Crippen molar-refractivity contribution in [2.45, 2.75) is 32.5 Å². The van der Waals surface area contributed by atoms with E-state index in [1.54, 1.807) is 0 Å². The van der Waals surface area contributed by atoms with Gasteiger partial charge >= 0.3 is 0 Å². The summed E-state index contributed by atoms with van der Waals surface area (Å²) >= 11 is 0. The normalized spacial score (nSPS) is 15.3. The van der Waals surface area contributed by atoms with Crippen LogP contribution in [0, 0.1) is 0 Å². The average molecular weight is 349 g/mol. The third kappa shape index (κ3) is 3.56. The van der Waals surface area contributed by atoms with E-state index < -0.39 is 0 Å². The lowest BCUT2D eigenvalue weighted by Gasteiger charge is -2.08. The molecule has 3 aromatic rings. The zero-order chi connectivity index (χ0) is 17.9. The predicted octanol–water partition coefficient (Wildman–Crippen LogP) is 1.98. The number of ether oxygens (including phenoxy) is 1. The molecule has 1 aromatic heterocycles. The van der Waals surface area contributed by atoms with Gasteiger partial charge in [0.2, 0.25) is 5.91 Å². The Balaban J connectivity index is 1.38. The summed E-state index contributed by atoms with van der Waals surface area (Å²) in [6.45, 7) is 2.67. The highest BCUT2D eigenvalue weighted by molar-refractivity contribution is 5.75. The molecule has 1 N–H and O–H groups in total. The van der Waals surface area contributed by atoms with Gasteiger partial charge in [-0.2, -0.15) is 0 Å². The van der Waals surface area contributed by atoms with Gasteiger partial charge in [-0.05, 0) is 51.7 Å². The molecular weight excluding hydrogens is 330 g/mol. The zero-order valence-electron chi connectivity index (χ0n) is 14.4. The van der Waals surface area contributed by atoms with Gasteiger partial charge in [-0.3, -0.25) is 4.79 Å². The third-order valence-electron chi connectivity index (χ3n) is 4.37. The van der Waals surface area contributed by atoms with Crippen molar-refractivity contribution in [2.24, 2.45) is 0 Å². The second-order valence-electron chi connectivity index (χ2n) is 6.44. The van der Waals surface area contributed by atoms with E-state index in [4.69, 9.17) is 4.74 Å². The minimum atomic E-state index is -0.130. The molecule has 1 atom stereocenters. The van der Waals surface area contributed by atoms with Crippen LogP contribution < -0.4 is 10.1 Å². The summed E-state index contributed by atoms with van der Waals surface area (Å²) in [5, 5.41) is 13.5. The summed E-state index contributed by atoms with van der Waals surface area (Å²) in [5.74, 6) is 0.859. The number of carbonyl (C=O) groups is 1. The predicted molar refractivity (Wildman–Crippen MR) is 95.3 cm³/mol. The molecule has 2 heterocycles. The molecule has 0 saturated carbocycles. The summed E-state index contributed by atoms with van der Waals surface area (Å²) in [4.78, 5) is 11.9. The van der Waals surface area contributed by atoms with Crippen LogP contribution in [-0.4, -0.2) is 32.2 Å². The van der Waals surface area contributed by atoms with Crippen molar-refractivity contribution in [1.29, 1.82) is 0 Å². The molecule has 2 aromatic carbocycles. The number of nitrogens with zero attached hydrogens (tertiary/aromatic N) is 4. The van der Waals surface area contributed by atoms with Crippen LogP contribution in [0.4, 0.5) is 0 Å². The monoisotopic (exact) mass is 349 g/mol. The van der Waals surface area contributed by atoms with Crippen LogP contribution in [0.25, 0.3) is 11.1 Å². The number of benzene rings is 2. The number of fused-ring (bicyclic) bond motifs is 1. The van der Waals surface area contributed by atoms with Crippen molar-refractivity contribution < 1.29 is 9.53 Å². The third-order valence-corrected chi connectivity index (χ3v) is 4.37. The van der Waals surface area contributed by atoms with E-state index in [0.29, 0.717) is 6.54 Å². The van der Waals surface area contributed by atoms with E-state index in [2.05, 4.69) is 52.0 Å². The fraction of sp³-hybridized carbons (Fsp3) is 0.263. The van der Waals surface area contributed by atoms with Gasteiger partial charge in [-0.1, -0.05) is 30.3 Å². The van der Waals surface area contributed by atoms with Gasteiger partial charge in [-0.25, -0.2) is 4.68 Å². The summed E-state index contributed by atoms with van der Waals surface area (Å²) < 4.78 is 7.14. The Hall–Kier alpha value is -3.22. The molecule has 0 radical (unpaired) electrons. The summed E-state index contributed by atoms with van der Waals surface area (Å²) in [6, 6.07) is 14.5. The van der Waals surface area contributed by atoms with Gasteiger partial charge < -0.3 is 10.1 Å². The SMILES string of the molecule is CC1Cc2cc(-c3ccc(CNC(=O)Cn4cnnn4)cc3)ccc2O1. The summed E-state index contributed by atoms with van der Waals surface area (Å²) in [5.41, 5.74) is 4.62. The Morgan fingerprint density at radius 2 is 2.04 bits per heavy atom.